The van der Waals surface area contributed by atoms with Gasteiger partial charge >= 0.3 is 0 Å². The fraction of sp³-hybridized carbons (Fsp3) is 0.571. The molecule has 1 aromatic heterocycles. The van der Waals surface area contributed by atoms with E-state index in [0.717, 1.165) is 36.1 Å². The van der Waals surface area contributed by atoms with Crippen LogP contribution in [0.5, 0.6) is 0 Å². The lowest BCUT2D eigenvalue weighted by Gasteiger charge is -2.30. The predicted octanol–water partition coefficient (Wildman–Crippen LogP) is 3.52. The van der Waals surface area contributed by atoms with Crippen molar-refractivity contribution < 1.29 is 4.79 Å². The third-order valence-corrected chi connectivity index (χ3v) is 6.76. The highest BCUT2D eigenvalue weighted by Gasteiger charge is 2.55. The zero-order valence-electron chi connectivity index (χ0n) is 15.2. The first kappa shape index (κ1) is 16.0. The van der Waals surface area contributed by atoms with Gasteiger partial charge in [0.1, 0.15) is 0 Å². The summed E-state index contributed by atoms with van der Waals surface area (Å²) in [4.78, 5) is 21.2. The molecule has 3 atom stereocenters. The van der Waals surface area contributed by atoms with Crippen molar-refractivity contribution in [2.75, 3.05) is 5.32 Å². The normalized spacial score (nSPS) is 35.3. The Morgan fingerprint density at radius 3 is 2.77 bits per heavy atom. The Morgan fingerprint density at radius 2 is 2.00 bits per heavy atom. The molecular weight excluding hydrogens is 324 g/mol. The van der Waals surface area contributed by atoms with Crippen LogP contribution in [0.1, 0.15) is 45.4 Å². The maximum Gasteiger partial charge on any atom is 0.223 e. The smallest absolute Gasteiger partial charge is 0.223 e. The third-order valence-electron chi connectivity index (χ3n) is 6.76. The Labute approximate surface area is 154 Å². The number of aromatic nitrogens is 2. The van der Waals surface area contributed by atoms with Crippen molar-refractivity contribution in [3.05, 3.63) is 30.5 Å². The Balaban J connectivity index is 1.16. The number of hydrogen-bond acceptors (Lipinski definition) is 4. The van der Waals surface area contributed by atoms with Crippen molar-refractivity contribution in [2.45, 2.75) is 57.5 Å². The van der Waals surface area contributed by atoms with Crippen molar-refractivity contribution in [2.24, 2.45) is 17.3 Å². The van der Waals surface area contributed by atoms with Crippen molar-refractivity contribution in [1.82, 2.24) is 15.3 Å². The summed E-state index contributed by atoms with van der Waals surface area (Å²) in [5, 5.41) is 7.90. The highest BCUT2D eigenvalue weighted by atomic mass is 16.2. The van der Waals surface area contributed by atoms with Crippen molar-refractivity contribution in [3.63, 3.8) is 0 Å². The molecule has 0 radical (unpaired) electrons. The fourth-order valence-corrected chi connectivity index (χ4v) is 4.63. The fourth-order valence-electron chi connectivity index (χ4n) is 4.63. The first-order valence-electron chi connectivity index (χ1n) is 9.92. The first-order valence-corrected chi connectivity index (χ1v) is 9.92. The molecule has 3 aliphatic rings. The van der Waals surface area contributed by atoms with Crippen LogP contribution in [-0.2, 0) is 4.79 Å². The minimum Gasteiger partial charge on any atom is -0.353 e. The van der Waals surface area contributed by atoms with E-state index in [9.17, 15) is 4.79 Å². The van der Waals surface area contributed by atoms with Crippen LogP contribution in [0.4, 0.5) is 5.95 Å². The van der Waals surface area contributed by atoms with Gasteiger partial charge in [0.25, 0.3) is 0 Å². The number of carbonyl (C=O) groups excluding carboxylic acids is 1. The minimum absolute atomic E-state index is 0.284. The minimum atomic E-state index is 0.284. The number of nitrogens with one attached hydrogen (secondary N) is 2. The summed E-state index contributed by atoms with van der Waals surface area (Å²) in [5.41, 5.74) is 1.38. The van der Waals surface area contributed by atoms with Crippen molar-refractivity contribution >= 4 is 22.8 Å². The standard InChI is InChI=1S/C21H26N4O/c1-13-10-16(13)19(26)23-15-6-8-21(9-7-15)11-18(21)25-20-22-12-14-4-2-3-5-17(14)24-20/h2-5,12-13,15-16,18H,6-11H2,1H3,(H,23,26)(H,22,24,25)/t13-,15?,16-,18?,21?/m1/s1. The number of carbonyl (C=O) groups is 1. The Kier molecular flexibility index (Phi) is 3.66. The maximum atomic E-state index is 12.1. The Morgan fingerprint density at radius 1 is 1.23 bits per heavy atom. The van der Waals surface area contributed by atoms with E-state index in [1.54, 1.807) is 0 Å². The molecule has 26 heavy (non-hydrogen) atoms. The summed E-state index contributed by atoms with van der Waals surface area (Å²) in [7, 11) is 0. The lowest BCUT2D eigenvalue weighted by atomic mass is 9.82. The molecule has 136 valence electrons. The molecule has 1 unspecified atom stereocenters. The second-order valence-corrected chi connectivity index (χ2v) is 8.62. The Bertz CT molecular complexity index is 843. The van der Waals surface area contributed by atoms with Gasteiger partial charge in [-0.25, -0.2) is 9.97 Å². The van der Waals surface area contributed by atoms with Crippen LogP contribution in [0, 0.1) is 17.3 Å². The van der Waals surface area contributed by atoms with Crippen LogP contribution in [0.3, 0.4) is 0 Å². The van der Waals surface area contributed by atoms with E-state index in [1.807, 2.05) is 30.5 Å². The molecule has 0 bridgehead atoms. The number of rotatable bonds is 4. The zero-order valence-corrected chi connectivity index (χ0v) is 15.2. The van der Waals surface area contributed by atoms with E-state index in [1.165, 1.54) is 19.3 Å². The summed E-state index contributed by atoms with van der Waals surface area (Å²) in [6, 6.07) is 8.93. The van der Waals surface area contributed by atoms with Crippen molar-refractivity contribution in [3.8, 4) is 0 Å². The lowest BCUT2D eigenvalue weighted by Crippen LogP contribution is -2.39. The topological polar surface area (TPSA) is 66.9 Å². The molecule has 5 heteroatoms. The van der Waals surface area contributed by atoms with Crippen LogP contribution in [-0.4, -0.2) is 28.0 Å². The number of nitrogens with zero attached hydrogens (tertiary/aromatic N) is 2. The number of amides is 1. The van der Waals surface area contributed by atoms with Gasteiger partial charge in [-0.15, -0.1) is 0 Å². The van der Waals surface area contributed by atoms with Crippen LogP contribution in [0.2, 0.25) is 0 Å². The summed E-state index contributed by atoms with van der Waals surface area (Å²) in [5.74, 6) is 1.90. The average Bonchev–Trinajstić information content (AvgIpc) is 3.55. The van der Waals surface area contributed by atoms with Gasteiger partial charge in [-0.2, -0.15) is 0 Å². The molecule has 2 N–H and O–H groups in total. The van der Waals surface area contributed by atoms with Gasteiger partial charge in [0.15, 0.2) is 0 Å². The maximum absolute atomic E-state index is 12.1. The van der Waals surface area contributed by atoms with Gasteiger partial charge in [-0.1, -0.05) is 25.1 Å². The van der Waals surface area contributed by atoms with Crippen LogP contribution >= 0.6 is 0 Å². The van der Waals surface area contributed by atoms with Crippen LogP contribution in [0.15, 0.2) is 30.5 Å². The number of hydrogen-bond donors (Lipinski definition) is 2. The second kappa shape index (κ2) is 5.93. The predicted molar refractivity (Wildman–Crippen MR) is 102 cm³/mol. The van der Waals surface area contributed by atoms with Gasteiger partial charge in [0, 0.05) is 29.6 Å². The van der Waals surface area contributed by atoms with E-state index in [-0.39, 0.29) is 11.8 Å². The molecule has 1 heterocycles. The monoisotopic (exact) mass is 350 g/mol. The van der Waals surface area contributed by atoms with Gasteiger partial charge < -0.3 is 10.6 Å². The van der Waals surface area contributed by atoms with E-state index in [4.69, 9.17) is 0 Å². The quantitative estimate of drug-likeness (QED) is 0.885. The summed E-state index contributed by atoms with van der Waals surface area (Å²) in [6.07, 6.45) is 8.73. The number of para-hydroxylation sites is 1. The second-order valence-electron chi connectivity index (χ2n) is 8.62. The van der Waals surface area contributed by atoms with Gasteiger partial charge in [-0.3, -0.25) is 4.79 Å². The Hall–Kier alpha value is -2.17. The van der Waals surface area contributed by atoms with E-state index in [2.05, 4.69) is 27.5 Å². The number of anilines is 1. The van der Waals surface area contributed by atoms with Gasteiger partial charge in [-0.05, 0) is 55.9 Å². The highest BCUT2D eigenvalue weighted by molar-refractivity contribution is 5.81. The highest BCUT2D eigenvalue weighted by Crippen LogP contribution is 2.57. The summed E-state index contributed by atoms with van der Waals surface area (Å²) < 4.78 is 0. The molecule has 2 aromatic rings. The van der Waals surface area contributed by atoms with E-state index >= 15 is 0 Å². The van der Waals surface area contributed by atoms with Crippen LogP contribution in [0.25, 0.3) is 10.9 Å². The lowest BCUT2D eigenvalue weighted by molar-refractivity contribution is -0.123. The summed E-state index contributed by atoms with van der Waals surface area (Å²) in [6.45, 7) is 2.16. The van der Waals surface area contributed by atoms with E-state index < -0.39 is 0 Å². The molecule has 3 aliphatic carbocycles. The third kappa shape index (κ3) is 2.93. The molecule has 1 aromatic carbocycles. The molecular formula is C21H26N4O. The molecule has 5 rings (SSSR count). The molecule has 0 aliphatic heterocycles. The summed E-state index contributed by atoms with van der Waals surface area (Å²) >= 11 is 0. The van der Waals surface area contributed by atoms with E-state index in [0.29, 0.717) is 23.4 Å². The van der Waals surface area contributed by atoms with Crippen molar-refractivity contribution in [1.29, 1.82) is 0 Å². The first-order chi connectivity index (χ1) is 12.6. The van der Waals surface area contributed by atoms with Gasteiger partial charge in [0.2, 0.25) is 11.9 Å². The molecule has 5 nitrogen and oxygen atoms in total. The molecule has 3 fully saturated rings. The molecule has 0 saturated heterocycles. The molecule has 1 spiro atoms. The molecule has 3 saturated carbocycles. The average molecular weight is 350 g/mol. The zero-order chi connectivity index (χ0) is 17.7. The number of fused-ring (bicyclic) bond motifs is 1. The van der Waals surface area contributed by atoms with Crippen LogP contribution < -0.4 is 10.6 Å². The largest absolute Gasteiger partial charge is 0.353 e. The van der Waals surface area contributed by atoms with Gasteiger partial charge in [0.05, 0.1) is 5.52 Å². The SMILES string of the molecule is C[C@@H]1C[C@H]1C(=O)NC1CCC2(CC1)CC2Nc1ncc2ccccc2n1. The number of benzene rings is 1. The molecule has 1 amide bonds.